The van der Waals surface area contributed by atoms with Gasteiger partial charge < -0.3 is 15.8 Å². The summed E-state index contributed by atoms with van der Waals surface area (Å²) in [5.74, 6) is 0.131. The Bertz CT molecular complexity index is 500. The third-order valence-corrected chi connectivity index (χ3v) is 3.78. The molecular weight excluding hydrogens is 310 g/mol. The van der Waals surface area contributed by atoms with Gasteiger partial charge in [-0.25, -0.2) is 0 Å². The van der Waals surface area contributed by atoms with Gasteiger partial charge in [0.15, 0.2) is 0 Å². The van der Waals surface area contributed by atoms with Crippen LogP contribution in [0.25, 0.3) is 0 Å². The first kappa shape index (κ1) is 13.9. The molecule has 1 aromatic carbocycles. The lowest BCUT2D eigenvalue weighted by Gasteiger charge is -2.22. The SMILES string of the molecule is NC(CCN(C(=O)c1ccccc1Br)C1CC1)=NO. The number of amides is 1. The number of carbonyl (C=O) groups excluding carboxylic acids is 1. The summed E-state index contributed by atoms with van der Waals surface area (Å²) in [5.41, 5.74) is 6.11. The fraction of sp³-hybridized carbons (Fsp3) is 0.385. The van der Waals surface area contributed by atoms with Crippen LogP contribution in [0, 0.1) is 0 Å². The predicted octanol–water partition coefficient (Wildman–Crippen LogP) is 2.19. The molecule has 0 radical (unpaired) electrons. The summed E-state index contributed by atoms with van der Waals surface area (Å²) in [7, 11) is 0. The minimum Gasteiger partial charge on any atom is -0.409 e. The van der Waals surface area contributed by atoms with Gasteiger partial charge in [-0.15, -0.1) is 0 Å². The van der Waals surface area contributed by atoms with Gasteiger partial charge in [0.05, 0.1) is 5.56 Å². The zero-order chi connectivity index (χ0) is 13.8. The molecule has 1 amide bonds. The Balaban J connectivity index is 2.11. The van der Waals surface area contributed by atoms with Crippen molar-refractivity contribution < 1.29 is 10.0 Å². The zero-order valence-corrected chi connectivity index (χ0v) is 12.0. The van der Waals surface area contributed by atoms with E-state index in [9.17, 15) is 4.79 Å². The number of hydrogen-bond acceptors (Lipinski definition) is 3. The summed E-state index contributed by atoms with van der Waals surface area (Å²) in [6, 6.07) is 7.64. The molecule has 1 aliphatic rings. The van der Waals surface area contributed by atoms with Gasteiger partial charge in [0.2, 0.25) is 0 Å². The van der Waals surface area contributed by atoms with Crippen molar-refractivity contribution in [2.24, 2.45) is 10.9 Å². The standard InChI is InChI=1S/C13H16BrN3O2/c14-11-4-2-1-3-10(11)13(18)17(9-5-6-9)8-7-12(15)16-19/h1-4,9,19H,5-8H2,(H2,15,16). The second-order valence-corrected chi connectivity index (χ2v) is 5.41. The predicted molar refractivity (Wildman–Crippen MR) is 76.2 cm³/mol. The maximum Gasteiger partial charge on any atom is 0.255 e. The second kappa shape index (κ2) is 6.06. The fourth-order valence-corrected chi connectivity index (χ4v) is 2.36. The molecule has 0 bridgehead atoms. The lowest BCUT2D eigenvalue weighted by atomic mass is 10.2. The van der Waals surface area contributed by atoms with Gasteiger partial charge in [-0.2, -0.15) is 0 Å². The minimum absolute atomic E-state index is 0.0132. The highest BCUT2D eigenvalue weighted by molar-refractivity contribution is 9.10. The highest BCUT2D eigenvalue weighted by atomic mass is 79.9. The van der Waals surface area contributed by atoms with E-state index in [1.54, 1.807) is 11.0 Å². The van der Waals surface area contributed by atoms with Gasteiger partial charge in [0.1, 0.15) is 5.84 Å². The first-order chi connectivity index (χ1) is 9.13. The number of nitrogens with zero attached hydrogens (tertiary/aromatic N) is 2. The number of hydrogen-bond donors (Lipinski definition) is 2. The highest BCUT2D eigenvalue weighted by Gasteiger charge is 2.33. The average Bonchev–Trinajstić information content (AvgIpc) is 3.23. The van der Waals surface area contributed by atoms with Crippen LogP contribution in [0.4, 0.5) is 0 Å². The molecular formula is C13H16BrN3O2. The molecule has 6 heteroatoms. The first-order valence-electron chi connectivity index (χ1n) is 6.15. The van der Waals surface area contributed by atoms with Crippen LogP contribution in [-0.4, -0.2) is 34.4 Å². The summed E-state index contributed by atoms with van der Waals surface area (Å²) >= 11 is 3.39. The maximum atomic E-state index is 12.5. The minimum atomic E-state index is -0.0132. The van der Waals surface area contributed by atoms with E-state index in [0.717, 1.165) is 17.3 Å². The molecule has 1 fully saturated rings. The molecule has 0 spiro atoms. The molecule has 0 unspecified atom stereocenters. The van der Waals surface area contributed by atoms with Crippen molar-refractivity contribution >= 4 is 27.7 Å². The van der Waals surface area contributed by atoms with E-state index in [1.165, 1.54) is 0 Å². The molecule has 1 saturated carbocycles. The molecule has 0 saturated heterocycles. The number of halogens is 1. The fourth-order valence-electron chi connectivity index (χ4n) is 1.91. The van der Waals surface area contributed by atoms with Crippen LogP contribution in [0.5, 0.6) is 0 Å². The molecule has 1 aliphatic carbocycles. The van der Waals surface area contributed by atoms with Crippen molar-refractivity contribution in [1.82, 2.24) is 4.90 Å². The molecule has 5 nitrogen and oxygen atoms in total. The van der Waals surface area contributed by atoms with Crippen LogP contribution in [0.1, 0.15) is 29.6 Å². The number of oxime groups is 1. The van der Waals surface area contributed by atoms with E-state index in [0.29, 0.717) is 18.5 Å². The Morgan fingerprint density at radius 1 is 1.47 bits per heavy atom. The summed E-state index contributed by atoms with van der Waals surface area (Å²) in [4.78, 5) is 14.3. The molecule has 0 aliphatic heterocycles. The van der Waals surface area contributed by atoms with Crippen molar-refractivity contribution in [1.29, 1.82) is 0 Å². The van der Waals surface area contributed by atoms with E-state index in [4.69, 9.17) is 10.9 Å². The van der Waals surface area contributed by atoms with E-state index in [1.807, 2.05) is 18.2 Å². The van der Waals surface area contributed by atoms with Gasteiger partial charge >= 0.3 is 0 Å². The molecule has 102 valence electrons. The number of rotatable bonds is 5. The molecule has 0 atom stereocenters. The van der Waals surface area contributed by atoms with Crippen molar-refractivity contribution in [3.05, 3.63) is 34.3 Å². The first-order valence-corrected chi connectivity index (χ1v) is 6.94. The van der Waals surface area contributed by atoms with Crippen LogP contribution in [-0.2, 0) is 0 Å². The average molecular weight is 326 g/mol. The van der Waals surface area contributed by atoms with Gasteiger partial charge in [0.25, 0.3) is 5.91 Å². The van der Waals surface area contributed by atoms with E-state index in [-0.39, 0.29) is 17.8 Å². The van der Waals surface area contributed by atoms with Crippen LogP contribution in [0.2, 0.25) is 0 Å². The third-order valence-electron chi connectivity index (χ3n) is 3.09. The van der Waals surface area contributed by atoms with Crippen molar-refractivity contribution in [2.75, 3.05) is 6.54 Å². The topological polar surface area (TPSA) is 78.9 Å². The Morgan fingerprint density at radius 3 is 2.74 bits per heavy atom. The number of benzene rings is 1. The maximum absolute atomic E-state index is 12.5. The lowest BCUT2D eigenvalue weighted by molar-refractivity contribution is 0.0746. The third kappa shape index (κ3) is 3.47. The van der Waals surface area contributed by atoms with Gasteiger partial charge in [0, 0.05) is 23.5 Å². The summed E-state index contributed by atoms with van der Waals surface area (Å²) in [6.07, 6.45) is 2.42. The van der Waals surface area contributed by atoms with E-state index in [2.05, 4.69) is 21.1 Å². The molecule has 2 rings (SSSR count). The van der Waals surface area contributed by atoms with Gasteiger partial charge in [-0.1, -0.05) is 17.3 Å². The van der Waals surface area contributed by atoms with E-state index >= 15 is 0 Å². The monoisotopic (exact) mass is 325 g/mol. The van der Waals surface area contributed by atoms with E-state index < -0.39 is 0 Å². The van der Waals surface area contributed by atoms with Crippen molar-refractivity contribution in [2.45, 2.75) is 25.3 Å². The Hall–Kier alpha value is -1.56. The molecule has 19 heavy (non-hydrogen) atoms. The number of amidine groups is 1. The smallest absolute Gasteiger partial charge is 0.255 e. The number of nitrogens with two attached hydrogens (primary N) is 1. The van der Waals surface area contributed by atoms with Crippen LogP contribution in [0.3, 0.4) is 0 Å². The van der Waals surface area contributed by atoms with Crippen LogP contribution >= 0.6 is 15.9 Å². The largest absolute Gasteiger partial charge is 0.409 e. The highest BCUT2D eigenvalue weighted by Crippen LogP contribution is 2.29. The van der Waals surface area contributed by atoms with Crippen molar-refractivity contribution in [3.8, 4) is 0 Å². The quantitative estimate of drug-likeness (QED) is 0.377. The van der Waals surface area contributed by atoms with Gasteiger partial charge in [-0.05, 0) is 40.9 Å². The molecule has 0 aromatic heterocycles. The Kier molecular flexibility index (Phi) is 4.42. The van der Waals surface area contributed by atoms with Gasteiger partial charge in [-0.3, -0.25) is 4.79 Å². The molecule has 1 aromatic rings. The summed E-state index contributed by atoms with van der Waals surface area (Å²) < 4.78 is 0.787. The molecule has 0 heterocycles. The molecule has 3 N–H and O–H groups in total. The Morgan fingerprint density at radius 2 is 2.16 bits per heavy atom. The summed E-state index contributed by atoms with van der Waals surface area (Å²) in [6.45, 7) is 0.473. The lowest BCUT2D eigenvalue weighted by Crippen LogP contribution is -2.36. The zero-order valence-electron chi connectivity index (χ0n) is 10.4. The van der Waals surface area contributed by atoms with Crippen LogP contribution < -0.4 is 5.73 Å². The van der Waals surface area contributed by atoms with Crippen LogP contribution in [0.15, 0.2) is 33.9 Å². The number of carbonyl (C=O) groups is 1. The second-order valence-electron chi connectivity index (χ2n) is 4.55. The Labute approximate surface area is 120 Å². The summed E-state index contributed by atoms with van der Waals surface area (Å²) in [5, 5.41) is 11.5. The van der Waals surface area contributed by atoms with Crippen molar-refractivity contribution in [3.63, 3.8) is 0 Å². The normalized spacial score (nSPS) is 15.3.